The number of nitrogens with one attached hydrogen (secondary N) is 2. The van der Waals surface area contributed by atoms with E-state index in [-0.39, 0.29) is 11.1 Å². The molecule has 1 atom stereocenters. The summed E-state index contributed by atoms with van der Waals surface area (Å²) in [6.45, 7) is 30.0. The van der Waals surface area contributed by atoms with E-state index in [9.17, 15) is 0 Å². The summed E-state index contributed by atoms with van der Waals surface area (Å²) in [4.78, 5) is 7.42. The lowest BCUT2D eigenvalue weighted by atomic mass is 9.82. The molecule has 2 aromatic rings. The minimum atomic E-state index is 0.0845. The number of rotatable bonds is 14. The number of aromatic nitrogens is 2. The monoisotopic (exact) mass is 622 g/mol. The van der Waals surface area contributed by atoms with Crippen molar-refractivity contribution in [1.29, 1.82) is 0 Å². The molecule has 1 aromatic heterocycles. The summed E-state index contributed by atoms with van der Waals surface area (Å²) in [5, 5.41) is 7.59. The fraction of sp³-hybridized carbons (Fsp3) is 0.769. The lowest BCUT2D eigenvalue weighted by molar-refractivity contribution is -0.0885. The van der Waals surface area contributed by atoms with Crippen LogP contribution in [0.2, 0.25) is 0 Å². The van der Waals surface area contributed by atoms with Crippen LogP contribution in [0.15, 0.2) is 36.8 Å². The Morgan fingerprint density at radius 2 is 1.53 bits per heavy atom. The molecule has 1 aliphatic heterocycles. The number of nitrogens with zero attached hydrogens (tertiary/aromatic N) is 3. The molecule has 0 unspecified atom stereocenters. The van der Waals surface area contributed by atoms with Gasteiger partial charge in [0.2, 0.25) is 0 Å². The van der Waals surface area contributed by atoms with Gasteiger partial charge in [0.15, 0.2) is 0 Å². The predicted octanol–water partition coefficient (Wildman–Crippen LogP) is 8.27. The predicted molar refractivity (Wildman–Crippen MR) is 191 cm³/mol. The van der Waals surface area contributed by atoms with E-state index >= 15 is 0 Å². The molecule has 2 aliphatic rings. The average molecular weight is 622 g/mol. The zero-order chi connectivity index (χ0) is 33.0. The highest BCUT2D eigenvalue weighted by Gasteiger charge is 2.35. The molecule has 6 nitrogen and oxygen atoms in total. The molecule has 0 radical (unpaired) electrons. The molecule has 1 aliphatic carbocycles. The van der Waals surface area contributed by atoms with Crippen LogP contribution in [-0.4, -0.2) is 70.0 Å². The van der Waals surface area contributed by atoms with Crippen molar-refractivity contribution in [2.24, 2.45) is 10.8 Å². The van der Waals surface area contributed by atoms with Crippen LogP contribution < -0.4 is 10.6 Å². The quantitative estimate of drug-likeness (QED) is 0.222. The molecule has 2 heterocycles. The largest absolute Gasteiger partial charge is 0.375 e. The van der Waals surface area contributed by atoms with Gasteiger partial charge in [-0.05, 0) is 103 Å². The summed E-state index contributed by atoms with van der Waals surface area (Å²) < 4.78 is 8.74. The smallest absolute Gasteiger partial charge is 0.0956 e. The number of imidazole rings is 1. The molecule has 1 aromatic carbocycles. The molecule has 2 fully saturated rings. The second kappa shape index (κ2) is 14.6. The maximum absolute atomic E-state index is 6.48. The minimum Gasteiger partial charge on any atom is -0.375 e. The van der Waals surface area contributed by atoms with Crippen molar-refractivity contribution < 1.29 is 4.74 Å². The number of ether oxygens (including phenoxy) is 1. The molecular formula is C39H67N5O. The summed E-state index contributed by atoms with van der Waals surface area (Å²) in [6.07, 6.45) is 13.2. The Hall–Kier alpha value is -1.73. The minimum absolute atomic E-state index is 0.0845. The number of benzene rings is 1. The van der Waals surface area contributed by atoms with Gasteiger partial charge in [0, 0.05) is 61.1 Å². The van der Waals surface area contributed by atoms with E-state index < -0.39 is 0 Å². The van der Waals surface area contributed by atoms with Crippen LogP contribution in [0.1, 0.15) is 126 Å². The van der Waals surface area contributed by atoms with Crippen LogP contribution in [0.5, 0.6) is 0 Å². The van der Waals surface area contributed by atoms with Crippen LogP contribution >= 0.6 is 0 Å². The van der Waals surface area contributed by atoms with E-state index in [4.69, 9.17) is 9.72 Å². The SMILES string of the molecule is C[C@@H](CNC(C)(C)CCC(C)(C)CN1CCC(O[C@H]2C[C@@H](NC(C)(C)C)C2)CC1)n1cnc(-c2ccc(CC(C)(C)C)cc2)c1. The van der Waals surface area contributed by atoms with Gasteiger partial charge in [-0.15, -0.1) is 0 Å². The van der Waals surface area contributed by atoms with E-state index in [1.54, 1.807) is 0 Å². The van der Waals surface area contributed by atoms with Crippen LogP contribution in [-0.2, 0) is 11.2 Å². The second-order valence-electron chi connectivity index (χ2n) is 18.2. The third-order valence-electron chi connectivity index (χ3n) is 9.70. The van der Waals surface area contributed by atoms with Gasteiger partial charge in [0.05, 0.1) is 24.2 Å². The van der Waals surface area contributed by atoms with Gasteiger partial charge in [-0.1, -0.05) is 58.9 Å². The first kappa shape index (κ1) is 36.1. The van der Waals surface area contributed by atoms with Gasteiger partial charge in [-0.3, -0.25) is 0 Å². The molecule has 1 saturated carbocycles. The fourth-order valence-electron chi connectivity index (χ4n) is 6.97. The Morgan fingerprint density at radius 1 is 0.889 bits per heavy atom. The highest BCUT2D eigenvalue weighted by atomic mass is 16.5. The van der Waals surface area contributed by atoms with E-state index in [1.807, 2.05) is 6.33 Å². The second-order valence-corrected chi connectivity index (χ2v) is 18.2. The maximum atomic E-state index is 6.48. The topological polar surface area (TPSA) is 54.4 Å². The number of hydrogen-bond acceptors (Lipinski definition) is 5. The van der Waals surface area contributed by atoms with E-state index in [1.165, 1.54) is 49.8 Å². The van der Waals surface area contributed by atoms with Gasteiger partial charge < -0.3 is 24.8 Å². The average Bonchev–Trinajstić information content (AvgIpc) is 3.40. The summed E-state index contributed by atoms with van der Waals surface area (Å²) in [7, 11) is 0. The lowest BCUT2D eigenvalue weighted by Crippen LogP contribution is -2.53. The summed E-state index contributed by atoms with van der Waals surface area (Å²) in [6, 6.07) is 9.90. The summed E-state index contributed by atoms with van der Waals surface area (Å²) >= 11 is 0. The van der Waals surface area contributed by atoms with E-state index in [0.717, 1.165) is 38.2 Å². The van der Waals surface area contributed by atoms with E-state index in [0.29, 0.717) is 35.1 Å². The standard InChI is InChI=1S/C39H67N5O/c1-29(44-26-35(40-28-44)31-14-12-30(13-15-31)24-36(2,3)4)25-41-39(10,11)19-18-38(8,9)27-43-20-16-33(17-21-43)45-34-22-32(23-34)42-37(5,6)7/h12-15,26,28-29,32-34,41-42H,16-25,27H2,1-11H3/t29-,32-,34+/m0/s1. The first-order chi connectivity index (χ1) is 20.8. The molecule has 0 spiro atoms. The Labute approximate surface area is 276 Å². The van der Waals surface area contributed by atoms with Gasteiger partial charge in [-0.25, -0.2) is 4.98 Å². The first-order valence-electron chi connectivity index (χ1n) is 17.9. The Balaban J connectivity index is 1.14. The molecule has 4 rings (SSSR count). The molecule has 45 heavy (non-hydrogen) atoms. The highest BCUT2D eigenvalue weighted by molar-refractivity contribution is 5.58. The van der Waals surface area contributed by atoms with Crippen molar-refractivity contribution in [3.63, 3.8) is 0 Å². The van der Waals surface area contributed by atoms with Gasteiger partial charge in [0.1, 0.15) is 0 Å². The molecule has 6 heteroatoms. The Kier molecular flexibility index (Phi) is 11.7. The highest BCUT2D eigenvalue weighted by Crippen LogP contribution is 2.32. The van der Waals surface area contributed by atoms with Crippen molar-refractivity contribution in [2.45, 2.75) is 156 Å². The molecular weight excluding hydrogens is 554 g/mol. The summed E-state index contributed by atoms with van der Waals surface area (Å²) in [5.41, 5.74) is 4.49. The van der Waals surface area contributed by atoms with Crippen molar-refractivity contribution >= 4 is 0 Å². The van der Waals surface area contributed by atoms with Gasteiger partial charge in [-0.2, -0.15) is 0 Å². The zero-order valence-corrected chi connectivity index (χ0v) is 30.8. The zero-order valence-electron chi connectivity index (χ0n) is 30.8. The van der Waals surface area contributed by atoms with Crippen LogP contribution in [0.25, 0.3) is 11.3 Å². The Bertz CT molecular complexity index is 1170. The van der Waals surface area contributed by atoms with Crippen LogP contribution in [0.4, 0.5) is 0 Å². The molecule has 254 valence electrons. The normalized spacial score (nSPS) is 21.6. The van der Waals surface area contributed by atoms with Crippen molar-refractivity contribution in [2.75, 3.05) is 26.2 Å². The summed E-state index contributed by atoms with van der Waals surface area (Å²) in [5.74, 6) is 0. The van der Waals surface area contributed by atoms with Crippen LogP contribution in [0.3, 0.4) is 0 Å². The van der Waals surface area contributed by atoms with E-state index in [2.05, 4.69) is 127 Å². The van der Waals surface area contributed by atoms with Gasteiger partial charge in [0.25, 0.3) is 0 Å². The number of hydrogen-bond donors (Lipinski definition) is 2. The molecule has 2 N–H and O–H groups in total. The number of likely N-dealkylation sites (tertiary alicyclic amines) is 1. The molecule has 0 bridgehead atoms. The van der Waals surface area contributed by atoms with Crippen LogP contribution in [0, 0.1) is 10.8 Å². The fourth-order valence-corrected chi connectivity index (χ4v) is 6.97. The van der Waals surface area contributed by atoms with Gasteiger partial charge >= 0.3 is 0 Å². The first-order valence-corrected chi connectivity index (χ1v) is 17.9. The van der Waals surface area contributed by atoms with Crippen molar-refractivity contribution in [3.05, 3.63) is 42.4 Å². The third-order valence-corrected chi connectivity index (χ3v) is 9.70. The Morgan fingerprint density at radius 3 is 2.13 bits per heavy atom. The van der Waals surface area contributed by atoms with Crippen molar-refractivity contribution in [3.8, 4) is 11.3 Å². The number of piperidine rings is 1. The van der Waals surface area contributed by atoms with Crippen molar-refractivity contribution in [1.82, 2.24) is 25.1 Å². The maximum Gasteiger partial charge on any atom is 0.0956 e. The lowest BCUT2D eigenvalue weighted by Gasteiger charge is -2.43. The molecule has 1 saturated heterocycles. The molecule has 0 amide bonds. The third kappa shape index (κ3) is 12.1.